The molecule has 1 fully saturated rings. The van der Waals surface area contributed by atoms with Crippen molar-refractivity contribution in [2.45, 2.75) is 6.42 Å². The summed E-state index contributed by atoms with van der Waals surface area (Å²) in [6.07, 6.45) is -0.139. The lowest BCUT2D eigenvalue weighted by Gasteiger charge is -2.18. The van der Waals surface area contributed by atoms with E-state index in [4.69, 9.17) is 27.9 Å². The Labute approximate surface area is 190 Å². The first kappa shape index (κ1) is 22.3. The lowest BCUT2D eigenvalue weighted by molar-refractivity contribution is -0.147. The number of Topliss-reactive ketones (excluding diaryl/α,β-unsaturated/α-hetero) is 1. The van der Waals surface area contributed by atoms with Gasteiger partial charge in [-0.15, -0.1) is 0 Å². The minimum atomic E-state index is -0.795. The molecule has 0 unspecified atom stereocenters. The molecule has 2 amide bonds. The van der Waals surface area contributed by atoms with Gasteiger partial charge in [-0.3, -0.25) is 29.6 Å². The van der Waals surface area contributed by atoms with E-state index >= 15 is 0 Å². The SMILES string of the molecule is O=C(COC(=O)[C@H]1CC(=O)N(NC(=O)c2ccc(Cl)cc2Cl)C1)c1ccc(Br)cc1. The average Bonchev–Trinajstić information content (AvgIpc) is 3.06. The summed E-state index contributed by atoms with van der Waals surface area (Å²) in [5.41, 5.74) is 2.97. The summed E-state index contributed by atoms with van der Waals surface area (Å²) in [4.78, 5) is 48.9. The lowest BCUT2D eigenvalue weighted by atomic mass is 10.1. The van der Waals surface area contributed by atoms with Crippen LogP contribution in [0.5, 0.6) is 0 Å². The Bertz CT molecular complexity index is 1010. The van der Waals surface area contributed by atoms with Crippen molar-refractivity contribution in [2.24, 2.45) is 5.92 Å². The summed E-state index contributed by atoms with van der Waals surface area (Å²) in [5, 5.41) is 1.54. The highest BCUT2D eigenvalue weighted by Gasteiger charge is 2.37. The van der Waals surface area contributed by atoms with E-state index in [-0.39, 0.29) is 29.3 Å². The van der Waals surface area contributed by atoms with Crippen molar-refractivity contribution >= 4 is 62.7 Å². The summed E-state index contributed by atoms with van der Waals surface area (Å²) in [6.45, 7) is -0.501. The summed E-state index contributed by atoms with van der Waals surface area (Å²) < 4.78 is 5.89. The van der Waals surface area contributed by atoms with Gasteiger partial charge in [-0.2, -0.15) is 0 Å². The first-order chi connectivity index (χ1) is 14.2. The van der Waals surface area contributed by atoms with Crippen LogP contribution in [0.1, 0.15) is 27.1 Å². The number of amides is 2. The fraction of sp³-hybridized carbons (Fsp3) is 0.200. The van der Waals surface area contributed by atoms with Gasteiger partial charge in [-0.25, -0.2) is 0 Å². The van der Waals surface area contributed by atoms with Crippen LogP contribution in [0.15, 0.2) is 46.9 Å². The Balaban J connectivity index is 1.54. The molecule has 1 saturated heterocycles. The van der Waals surface area contributed by atoms with E-state index in [9.17, 15) is 19.2 Å². The van der Waals surface area contributed by atoms with E-state index < -0.39 is 30.3 Å². The van der Waals surface area contributed by atoms with Gasteiger partial charge in [-0.1, -0.05) is 51.3 Å². The number of rotatable bonds is 6. The Hall–Kier alpha value is -2.42. The monoisotopic (exact) mass is 512 g/mol. The Morgan fingerprint density at radius 1 is 1.13 bits per heavy atom. The molecule has 0 radical (unpaired) electrons. The van der Waals surface area contributed by atoms with Gasteiger partial charge in [0.15, 0.2) is 12.4 Å². The van der Waals surface area contributed by atoms with Gasteiger partial charge in [0.05, 0.1) is 23.0 Å². The van der Waals surface area contributed by atoms with E-state index in [1.165, 1.54) is 18.2 Å². The largest absolute Gasteiger partial charge is 0.457 e. The molecule has 10 heteroatoms. The number of carbonyl (C=O) groups excluding carboxylic acids is 4. The topological polar surface area (TPSA) is 92.8 Å². The third-order valence-electron chi connectivity index (χ3n) is 4.38. The third-order valence-corrected chi connectivity index (χ3v) is 5.46. The molecular weight excluding hydrogens is 499 g/mol. The van der Waals surface area contributed by atoms with Crippen molar-refractivity contribution in [3.63, 3.8) is 0 Å². The van der Waals surface area contributed by atoms with Crippen LogP contribution < -0.4 is 5.43 Å². The molecule has 3 rings (SSSR count). The van der Waals surface area contributed by atoms with Gasteiger partial charge < -0.3 is 4.74 Å². The standard InChI is InChI=1S/C20H15BrCl2N2O5/c21-13-3-1-11(2-4-13)17(26)10-30-20(29)12-7-18(27)25(9-12)24-19(28)15-6-5-14(22)8-16(15)23/h1-6,8,12H,7,9-10H2,(H,24,28)/t12-/m0/s1. The zero-order valence-electron chi connectivity index (χ0n) is 15.4. The van der Waals surface area contributed by atoms with Crippen LogP contribution in [0.4, 0.5) is 0 Å². The van der Waals surface area contributed by atoms with Gasteiger partial charge in [0.1, 0.15) is 0 Å². The number of ether oxygens (including phenoxy) is 1. The van der Waals surface area contributed by atoms with E-state index in [0.717, 1.165) is 9.48 Å². The van der Waals surface area contributed by atoms with Crippen molar-refractivity contribution in [3.8, 4) is 0 Å². The van der Waals surface area contributed by atoms with Crippen LogP contribution in [-0.2, 0) is 14.3 Å². The van der Waals surface area contributed by atoms with Gasteiger partial charge in [0.25, 0.3) is 5.91 Å². The highest BCUT2D eigenvalue weighted by Crippen LogP contribution is 2.22. The molecule has 0 spiro atoms. The zero-order chi connectivity index (χ0) is 21.8. The average molecular weight is 514 g/mol. The van der Waals surface area contributed by atoms with Crippen LogP contribution in [0.25, 0.3) is 0 Å². The first-order valence-electron chi connectivity index (χ1n) is 8.76. The summed E-state index contributed by atoms with van der Waals surface area (Å²) >= 11 is 15.1. The number of hydrogen-bond acceptors (Lipinski definition) is 5. The molecule has 1 N–H and O–H groups in total. The Kier molecular flexibility index (Phi) is 7.12. The summed E-state index contributed by atoms with van der Waals surface area (Å²) in [7, 11) is 0. The number of carbonyl (C=O) groups is 4. The van der Waals surface area contributed by atoms with Crippen LogP contribution in [0, 0.1) is 5.92 Å². The molecule has 0 aliphatic carbocycles. The van der Waals surface area contributed by atoms with Gasteiger partial charge in [0, 0.05) is 21.5 Å². The quantitative estimate of drug-likeness (QED) is 0.470. The second kappa shape index (κ2) is 9.59. The first-order valence-corrected chi connectivity index (χ1v) is 10.3. The Morgan fingerprint density at radius 3 is 2.50 bits per heavy atom. The maximum atomic E-state index is 12.4. The van der Waals surface area contributed by atoms with Crippen LogP contribution in [-0.4, -0.2) is 41.7 Å². The second-order valence-corrected chi connectivity index (χ2v) is 8.27. The molecule has 1 heterocycles. The van der Waals surface area contributed by atoms with E-state index in [1.807, 2.05) is 0 Å². The molecule has 2 aromatic carbocycles. The summed E-state index contributed by atoms with van der Waals surface area (Å²) in [6, 6.07) is 11.0. The predicted molar refractivity (Wildman–Crippen MR) is 113 cm³/mol. The molecule has 1 atom stereocenters. The Morgan fingerprint density at radius 2 is 1.83 bits per heavy atom. The molecule has 7 nitrogen and oxygen atoms in total. The third kappa shape index (κ3) is 5.38. The number of halogens is 3. The van der Waals surface area contributed by atoms with E-state index in [2.05, 4.69) is 21.4 Å². The second-order valence-electron chi connectivity index (χ2n) is 6.51. The molecule has 0 aromatic heterocycles. The minimum Gasteiger partial charge on any atom is -0.457 e. The molecule has 30 heavy (non-hydrogen) atoms. The fourth-order valence-electron chi connectivity index (χ4n) is 2.80. The normalized spacial score (nSPS) is 15.8. The molecule has 0 saturated carbocycles. The molecule has 2 aromatic rings. The molecule has 1 aliphatic heterocycles. The van der Waals surface area contributed by atoms with Crippen molar-refractivity contribution in [3.05, 3.63) is 68.1 Å². The van der Waals surface area contributed by atoms with Crippen LogP contribution in [0.2, 0.25) is 10.0 Å². The van der Waals surface area contributed by atoms with Gasteiger partial charge >= 0.3 is 5.97 Å². The zero-order valence-corrected chi connectivity index (χ0v) is 18.5. The number of hydrazine groups is 1. The maximum absolute atomic E-state index is 12.4. The number of hydrogen-bond donors (Lipinski definition) is 1. The molecule has 156 valence electrons. The highest BCUT2D eigenvalue weighted by atomic mass is 79.9. The summed E-state index contributed by atoms with van der Waals surface area (Å²) in [5.74, 6) is -2.90. The van der Waals surface area contributed by atoms with Crippen molar-refractivity contribution < 1.29 is 23.9 Å². The highest BCUT2D eigenvalue weighted by molar-refractivity contribution is 9.10. The molecule has 1 aliphatic rings. The van der Waals surface area contributed by atoms with Crippen LogP contribution in [0.3, 0.4) is 0 Å². The smallest absolute Gasteiger partial charge is 0.311 e. The minimum absolute atomic E-state index is 0.0684. The lowest BCUT2D eigenvalue weighted by Crippen LogP contribution is -2.43. The van der Waals surface area contributed by atoms with Gasteiger partial charge in [-0.05, 0) is 30.3 Å². The van der Waals surface area contributed by atoms with Gasteiger partial charge in [0.2, 0.25) is 5.91 Å². The predicted octanol–water partition coefficient (Wildman–Crippen LogP) is 3.68. The van der Waals surface area contributed by atoms with E-state index in [0.29, 0.717) is 10.6 Å². The molecular formula is C20H15BrCl2N2O5. The number of ketones is 1. The van der Waals surface area contributed by atoms with Crippen LogP contribution >= 0.6 is 39.1 Å². The number of nitrogens with one attached hydrogen (secondary N) is 1. The number of esters is 1. The van der Waals surface area contributed by atoms with E-state index in [1.54, 1.807) is 24.3 Å². The fourth-order valence-corrected chi connectivity index (χ4v) is 3.56. The van der Waals surface area contributed by atoms with Crippen molar-refractivity contribution in [2.75, 3.05) is 13.2 Å². The number of nitrogens with zero attached hydrogens (tertiary/aromatic N) is 1. The maximum Gasteiger partial charge on any atom is 0.311 e. The van der Waals surface area contributed by atoms with Crippen molar-refractivity contribution in [1.82, 2.24) is 10.4 Å². The molecule has 0 bridgehead atoms. The van der Waals surface area contributed by atoms with Crippen molar-refractivity contribution in [1.29, 1.82) is 0 Å². The number of benzene rings is 2.